The highest BCUT2D eigenvalue weighted by molar-refractivity contribution is 7.91. The van der Waals surface area contributed by atoms with Crippen LogP contribution >= 0.6 is 0 Å². The second kappa shape index (κ2) is 6.88. The van der Waals surface area contributed by atoms with Crippen LogP contribution in [0.15, 0.2) is 0 Å². The van der Waals surface area contributed by atoms with Crippen LogP contribution in [-0.2, 0) is 9.84 Å². The van der Waals surface area contributed by atoms with Crippen LogP contribution in [0, 0.1) is 0 Å². The van der Waals surface area contributed by atoms with Crippen LogP contribution in [0.3, 0.4) is 0 Å². The molecule has 2 rings (SSSR count). The summed E-state index contributed by atoms with van der Waals surface area (Å²) in [6.45, 7) is 2.54. The molecule has 1 aliphatic heterocycles. The number of rotatable bonds is 6. The minimum atomic E-state index is -2.87. The predicted octanol–water partition coefficient (Wildman–Crippen LogP) is 0.691. The third-order valence-electron chi connectivity index (χ3n) is 3.16. The van der Waals surface area contributed by atoms with Crippen LogP contribution in [0.5, 0.6) is 6.01 Å². The molecule has 1 fully saturated rings. The Kier molecular flexibility index (Phi) is 5.16. The first-order chi connectivity index (χ1) is 10.0. The molecule has 0 aliphatic carbocycles. The van der Waals surface area contributed by atoms with Crippen molar-refractivity contribution in [3.05, 3.63) is 0 Å². The fraction of sp³-hybridized carbons (Fsp3) is 0.750. The fourth-order valence-electron chi connectivity index (χ4n) is 2.01. The maximum Gasteiger partial charge on any atom is 0.323 e. The quantitative estimate of drug-likeness (QED) is 0.790. The highest BCUT2D eigenvalue weighted by atomic mass is 32.2. The molecule has 118 valence electrons. The number of sulfone groups is 1. The maximum absolute atomic E-state index is 11.4. The van der Waals surface area contributed by atoms with E-state index < -0.39 is 9.84 Å². The summed E-state index contributed by atoms with van der Waals surface area (Å²) in [5, 5.41) is 6.02. The van der Waals surface area contributed by atoms with Crippen LogP contribution in [0.1, 0.15) is 26.2 Å². The average molecular weight is 315 g/mol. The highest BCUT2D eigenvalue weighted by Gasteiger charge is 2.24. The summed E-state index contributed by atoms with van der Waals surface area (Å²) in [5.74, 6) is 1.23. The third kappa shape index (κ3) is 4.69. The minimum absolute atomic E-state index is 0.0552. The van der Waals surface area contributed by atoms with Crippen molar-refractivity contribution in [3.63, 3.8) is 0 Å². The van der Waals surface area contributed by atoms with E-state index in [1.165, 1.54) is 0 Å². The zero-order valence-electron chi connectivity index (χ0n) is 12.3. The Morgan fingerprint density at radius 3 is 2.48 bits per heavy atom. The lowest BCUT2D eigenvalue weighted by molar-refractivity contribution is 0.292. The van der Waals surface area contributed by atoms with Crippen LogP contribution in [0.4, 0.5) is 11.9 Å². The molecule has 8 nitrogen and oxygen atoms in total. The van der Waals surface area contributed by atoms with Crippen molar-refractivity contribution in [3.8, 4) is 6.01 Å². The van der Waals surface area contributed by atoms with E-state index >= 15 is 0 Å². The van der Waals surface area contributed by atoms with E-state index in [0.717, 1.165) is 6.42 Å². The van der Waals surface area contributed by atoms with Crippen molar-refractivity contribution in [2.75, 3.05) is 35.8 Å². The van der Waals surface area contributed by atoms with Gasteiger partial charge in [0.1, 0.15) is 9.84 Å². The molecular weight excluding hydrogens is 294 g/mol. The van der Waals surface area contributed by atoms with E-state index in [0.29, 0.717) is 31.3 Å². The number of nitrogens with one attached hydrogen (secondary N) is 2. The topological polar surface area (TPSA) is 106 Å². The zero-order chi connectivity index (χ0) is 15.3. The summed E-state index contributed by atoms with van der Waals surface area (Å²) in [4.78, 5) is 12.5. The van der Waals surface area contributed by atoms with Gasteiger partial charge in [-0.1, -0.05) is 6.92 Å². The Hall–Kier alpha value is -1.64. The summed E-state index contributed by atoms with van der Waals surface area (Å²) >= 11 is 0. The van der Waals surface area contributed by atoms with E-state index in [4.69, 9.17) is 4.74 Å². The Labute approximate surface area is 124 Å². The summed E-state index contributed by atoms with van der Waals surface area (Å²) in [5.41, 5.74) is 0. The van der Waals surface area contributed by atoms with Gasteiger partial charge in [-0.25, -0.2) is 8.42 Å². The first-order valence-electron chi connectivity index (χ1n) is 7.06. The molecule has 0 radical (unpaired) electrons. The van der Waals surface area contributed by atoms with Gasteiger partial charge < -0.3 is 15.4 Å². The first-order valence-corrected chi connectivity index (χ1v) is 8.88. The van der Waals surface area contributed by atoms with Gasteiger partial charge >= 0.3 is 6.01 Å². The molecule has 2 heterocycles. The number of nitrogens with zero attached hydrogens (tertiary/aromatic N) is 3. The number of anilines is 2. The van der Waals surface area contributed by atoms with Crippen molar-refractivity contribution < 1.29 is 13.2 Å². The molecule has 0 unspecified atom stereocenters. The summed E-state index contributed by atoms with van der Waals surface area (Å²) < 4.78 is 28.3. The lowest BCUT2D eigenvalue weighted by Crippen LogP contribution is -2.32. The first kappa shape index (κ1) is 15.7. The van der Waals surface area contributed by atoms with Gasteiger partial charge in [-0.3, -0.25) is 0 Å². The average Bonchev–Trinajstić information content (AvgIpc) is 2.47. The lowest BCUT2D eigenvalue weighted by atomic mass is 10.2. The van der Waals surface area contributed by atoms with Gasteiger partial charge in [0.25, 0.3) is 0 Å². The molecule has 1 aliphatic rings. The standard InChI is InChI=1S/C12H21N5O3S/c1-3-6-20-12-16-10(13-2)15-11(17-12)14-9-4-7-21(18,19)8-5-9/h9H,3-8H2,1-2H3,(H2,13,14,15,16,17). The number of aromatic nitrogens is 3. The van der Waals surface area contributed by atoms with Gasteiger partial charge in [-0.2, -0.15) is 15.0 Å². The second-order valence-electron chi connectivity index (χ2n) is 4.93. The molecule has 1 saturated heterocycles. The number of hydrogen-bond donors (Lipinski definition) is 2. The molecule has 21 heavy (non-hydrogen) atoms. The van der Waals surface area contributed by atoms with Gasteiger partial charge in [-0.05, 0) is 19.3 Å². The molecule has 0 saturated carbocycles. The van der Waals surface area contributed by atoms with Crippen LogP contribution in [-0.4, -0.2) is 54.6 Å². The summed E-state index contributed by atoms with van der Waals surface area (Å²) in [6, 6.07) is 0.321. The molecule has 0 amide bonds. The summed E-state index contributed by atoms with van der Waals surface area (Å²) in [7, 11) is -1.15. The second-order valence-corrected chi connectivity index (χ2v) is 7.24. The van der Waals surface area contributed by atoms with Crippen LogP contribution < -0.4 is 15.4 Å². The van der Waals surface area contributed by atoms with Crippen molar-refractivity contribution >= 4 is 21.7 Å². The molecule has 1 aromatic rings. The molecule has 0 bridgehead atoms. The van der Waals surface area contributed by atoms with Gasteiger partial charge in [0.05, 0.1) is 18.1 Å². The predicted molar refractivity (Wildman–Crippen MR) is 80.5 cm³/mol. The molecular formula is C12H21N5O3S. The molecule has 1 aromatic heterocycles. The highest BCUT2D eigenvalue weighted by Crippen LogP contribution is 2.18. The minimum Gasteiger partial charge on any atom is -0.463 e. The van der Waals surface area contributed by atoms with E-state index in [2.05, 4.69) is 25.6 Å². The maximum atomic E-state index is 11.4. The van der Waals surface area contributed by atoms with Gasteiger partial charge in [0, 0.05) is 13.1 Å². The van der Waals surface area contributed by atoms with Crippen molar-refractivity contribution in [1.82, 2.24) is 15.0 Å². The molecule has 0 aromatic carbocycles. The Bertz CT molecular complexity index is 564. The molecule has 0 spiro atoms. The Morgan fingerprint density at radius 1 is 1.19 bits per heavy atom. The van der Waals surface area contributed by atoms with Crippen LogP contribution in [0.25, 0.3) is 0 Å². The van der Waals surface area contributed by atoms with Crippen molar-refractivity contribution in [1.29, 1.82) is 0 Å². The summed E-state index contributed by atoms with van der Waals surface area (Å²) in [6.07, 6.45) is 1.99. The Morgan fingerprint density at radius 2 is 1.86 bits per heavy atom. The van der Waals surface area contributed by atoms with Gasteiger partial charge in [-0.15, -0.1) is 0 Å². The van der Waals surface area contributed by atoms with E-state index in [1.807, 2.05) is 6.92 Å². The van der Waals surface area contributed by atoms with E-state index in [-0.39, 0.29) is 23.6 Å². The Balaban J connectivity index is 2.05. The van der Waals surface area contributed by atoms with Crippen LogP contribution in [0.2, 0.25) is 0 Å². The fourth-order valence-corrected chi connectivity index (χ4v) is 3.50. The van der Waals surface area contributed by atoms with E-state index in [9.17, 15) is 8.42 Å². The van der Waals surface area contributed by atoms with E-state index in [1.54, 1.807) is 7.05 Å². The van der Waals surface area contributed by atoms with Gasteiger partial charge in [0.2, 0.25) is 11.9 Å². The number of ether oxygens (including phenoxy) is 1. The van der Waals surface area contributed by atoms with Gasteiger partial charge in [0.15, 0.2) is 0 Å². The number of hydrogen-bond acceptors (Lipinski definition) is 8. The molecule has 9 heteroatoms. The van der Waals surface area contributed by atoms with Crippen molar-refractivity contribution in [2.24, 2.45) is 0 Å². The smallest absolute Gasteiger partial charge is 0.323 e. The SMILES string of the molecule is CCCOc1nc(NC)nc(NC2CCS(=O)(=O)CC2)n1. The normalized spacial score (nSPS) is 18.2. The monoisotopic (exact) mass is 315 g/mol. The zero-order valence-corrected chi connectivity index (χ0v) is 13.1. The van der Waals surface area contributed by atoms with Crippen molar-refractivity contribution in [2.45, 2.75) is 32.2 Å². The third-order valence-corrected chi connectivity index (χ3v) is 4.88. The molecule has 0 atom stereocenters. The molecule has 2 N–H and O–H groups in total. The largest absolute Gasteiger partial charge is 0.463 e. The lowest BCUT2D eigenvalue weighted by Gasteiger charge is -2.23.